The highest BCUT2D eigenvalue weighted by Crippen LogP contribution is 2.22. The molecule has 0 aliphatic rings. The Bertz CT molecular complexity index is 981. The summed E-state index contributed by atoms with van der Waals surface area (Å²) in [6.45, 7) is 0. The summed E-state index contributed by atoms with van der Waals surface area (Å²) in [5, 5.41) is 18.1. The van der Waals surface area contributed by atoms with Crippen LogP contribution in [0.25, 0.3) is 16.7 Å². The first kappa shape index (κ1) is 14.2. The molecule has 6 nitrogen and oxygen atoms in total. The van der Waals surface area contributed by atoms with Crippen LogP contribution < -0.4 is 5.56 Å². The van der Waals surface area contributed by atoms with Gasteiger partial charge in [0.15, 0.2) is 0 Å². The summed E-state index contributed by atoms with van der Waals surface area (Å²) in [5.41, 5.74) is 2.61. The molecule has 7 heteroatoms. The summed E-state index contributed by atoms with van der Waals surface area (Å²) in [6, 6.07) is 10.8. The molecule has 0 saturated carbocycles. The zero-order valence-electron chi connectivity index (χ0n) is 11.4. The number of thioether (sulfide) groups is 1. The zero-order chi connectivity index (χ0) is 15.7. The highest BCUT2D eigenvalue weighted by molar-refractivity contribution is 7.99. The summed E-state index contributed by atoms with van der Waals surface area (Å²) < 4.78 is 1.47. The van der Waals surface area contributed by atoms with E-state index >= 15 is 0 Å². The van der Waals surface area contributed by atoms with Crippen molar-refractivity contribution in [2.45, 2.75) is 5.75 Å². The molecule has 22 heavy (non-hydrogen) atoms. The SMILES string of the molecule is N#Cc1c(CSCC(=O)O)cc(=O)n2c1[nH]c1ccccc12. The number of nitrogens with one attached hydrogen (secondary N) is 1. The third-order valence-corrected chi connectivity index (χ3v) is 4.26. The average molecular weight is 313 g/mol. The molecule has 3 aromatic rings. The number of hydrogen-bond donors (Lipinski definition) is 2. The van der Waals surface area contributed by atoms with Crippen molar-refractivity contribution in [3.05, 3.63) is 51.8 Å². The number of aromatic nitrogens is 2. The molecule has 0 fully saturated rings. The first-order valence-electron chi connectivity index (χ1n) is 6.47. The van der Waals surface area contributed by atoms with E-state index in [1.54, 1.807) is 6.07 Å². The van der Waals surface area contributed by atoms with Gasteiger partial charge in [-0.1, -0.05) is 12.1 Å². The Balaban J connectivity index is 2.19. The second-order valence-corrected chi connectivity index (χ2v) is 5.69. The number of para-hydroxylation sites is 2. The van der Waals surface area contributed by atoms with Gasteiger partial charge in [-0.3, -0.25) is 14.0 Å². The van der Waals surface area contributed by atoms with Gasteiger partial charge >= 0.3 is 5.97 Å². The number of aromatic amines is 1. The highest BCUT2D eigenvalue weighted by atomic mass is 32.2. The Hall–Kier alpha value is -2.72. The molecule has 0 saturated heterocycles. The summed E-state index contributed by atoms with van der Waals surface area (Å²) in [7, 11) is 0. The minimum absolute atomic E-state index is 0.0725. The van der Waals surface area contributed by atoms with Gasteiger partial charge in [0.25, 0.3) is 5.56 Å². The van der Waals surface area contributed by atoms with Crippen molar-refractivity contribution in [1.82, 2.24) is 9.38 Å². The molecule has 2 aromatic heterocycles. The molecule has 2 N–H and O–H groups in total. The minimum Gasteiger partial charge on any atom is -0.481 e. The molecule has 0 aliphatic carbocycles. The van der Waals surface area contributed by atoms with Crippen LogP contribution in [0.4, 0.5) is 0 Å². The number of carboxylic acid groups (broad SMARTS) is 1. The van der Waals surface area contributed by atoms with Gasteiger partial charge in [0.2, 0.25) is 0 Å². The highest BCUT2D eigenvalue weighted by Gasteiger charge is 2.14. The Kier molecular flexibility index (Phi) is 3.61. The van der Waals surface area contributed by atoms with Crippen LogP contribution in [-0.4, -0.2) is 26.2 Å². The van der Waals surface area contributed by atoms with Crippen molar-refractivity contribution in [2.24, 2.45) is 0 Å². The Labute approximate surface area is 129 Å². The summed E-state index contributed by atoms with van der Waals surface area (Å²) in [4.78, 5) is 26.0. The molecule has 110 valence electrons. The number of carboxylic acids is 1. The van der Waals surface area contributed by atoms with E-state index in [-0.39, 0.29) is 11.3 Å². The van der Waals surface area contributed by atoms with E-state index in [9.17, 15) is 14.9 Å². The number of nitrogens with zero attached hydrogens (tertiary/aromatic N) is 2. The van der Waals surface area contributed by atoms with Crippen LogP contribution in [0.3, 0.4) is 0 Å². The van der Waals surface area contributed by atoms with Gasteiger partial charge in [0.1, 0.15) is 11.7 Å². The molecule has 3 rings (SSSR count). The normalized spacial score (nSPS) is 10.9. The van der Waals surface area contributed by atoms with E-state index in [0.717, 1.165) is 17.3 Å². The standard InChI is InChI=1S/C15H11N3O3S/c16-6-10-9(7-22-8-14(20)21)5-13(19)18-12-4-2-1-3-11(12)17-15(10)18/h1-5,17H,7-8H2,(H,20,21). The molecule has 1 aromatic carbocycles. The molecular formula is C15H11N3O3S. The molecule has 0 spiro atoms. The number of H-pyrrole nitrogens is 1. The lowest BCUT2D eigenvalue weighted by Gasteiger charge is -2.04. The van der Waals surface area contributed by atoms with Gasteiger partial charge in [-0.2, -0.15) is 5.26 Å². The van der Waals surface area contributed by atoms with Crippen molar-refractivity contribution < 1.29 is 9.90 Å². The molecule has 0 amide bonds. The smallest absolute Gasteiger partial charge is 0.313 e. The largest absolute Gasteiger partial charge is 0.481 e. The third-order valence-electron chi connectivity index (χ3n) is 3.29. The summed E-state index contributed by atoms with van der Waals surface area (Å²) in [5.74, 6) is -0.695. The topological polar surface area (TPSA) is 98.4 Å². The van der Waals surface area contributed by atoms with Crippen LogP contribution in [0.1, 0.15) is 11.1 Å². The first-order valence-corrected chi connectivity index (χ1v) is 7.62. The van der Waals surface area contributed by atoms with Crippen LogP contribution >= 0.6 is 11.8 Å². The molecule has 0 atom stereocenters. The van der Waals surface area contributed by atoms with E-state index in [0.29, 0.717) is 28.0 Å². The lowest BCUT2D eigenvalue weighted by atomic mass is 10.1. The summed E-state index contributed by atoms with van der Waals surface area (Å²) in [6.07, 6.45) is 0. The predicted octanol–water partition coefficient (Wildman–Crippen LogP) is 1.97. The van der Waals surface area contributed by atoms with Gasteiger partial charge in [0, 0.05) is 11.8 Å². The van der Waals surface area contributed by atoms with Gasteiger partial charge < -0.3 is 10.1 Å². The number of benzene rings is 1. The number of imidazole rings is 1. The van der Waals surface area contributed by atoms with Crippen LogP contribution in [0.5, 0.6) is 0 Å². The second-order valence-electron chi connectivity index (χ2n) is 4.71. The van der Waals surface area contributed by atoms with Crippen molar-refractivity contribution >= 4 is 34.4 Å². The lowest BCUT2D eigenvalue weighted by Crippen LogP contribution is -2.14. The Morgan fingerprint density at radius 1 is 1.41 bits per heavy atom. The minimum atomic E-state index is -0.924. The number of fused-ring (bicyclic) bond motifs is 3. The Morgan fingerprint density at radius 2 is 2.18 bits per heavy atom. The second kappa shape index (κ2) is 5.58. The van der Waals surface area contributed by atoms with Crippen molar-refractivity contribution in [3.8, 4) is 6.07 Å². The number of carbonyl (C=O) groups is 1. The predicted molar refractivity (Wildman–Crippen MR) is 84.0 cm³/mol. The Morgan fingerprint density at radius 3 is 2.91 bits per heavy atom. The maximum absolute atomic E-state index is 12.3. The van der Waals surface area contributed by atoms with Crippen LogP contribution in [0.2, 0.25) is 0 Å². The van der Waals surface area contributed by atoms with Crippen molar-refractivity contribution in [2.75, 3.05) is 5.75 Å². The molecule has 0 bridgehead atoms. The van der Waals surface area contributed by atoms with Gasteiger partial charge in [-0.05, 0) is 17.7 Å². The first-order chi connectivity index (χ1) is 10.6. The van der Waals surface area contributed by atoms with Crippen molar-refractivity contribution in [1.29, 1.82) is 5.26 Å². The summed E-state index contributed by atoms with van der Waals surface area (Å²) >= 11 is 1.16. The van der Waals surface area contributed by atoms with E-state index in [4.69, 9.17) is 5.11 Å². The van der Waals surface area contributed by atoms with Gasteiger partial charge in [-0.25, -0.2) is 0 Å². The number of rotatable bonds is 4. The maximum atomic E-state index is 12.3. The quantitative estimate of drug-likeness (QED) is 0.767. The van der Waals surface area contributed by atoms with Gasteiger partial charge in [0.05, 0.1) is 22.3 Å². The fourth-order valence-electron chi connectivity index (χ4n) is 2.41. The lowest BCUT2D eigenvalue weighted by molar-refractivity contribution is -0.133. The monoisotopic (exact) mass is 313 g/mol. The number of nitriles is 1. The maximum Gasteiger partial charge on any atom is 0.313 e. The van der Waals surface area contributed by atoms with E-state index in [1.165, 1.54) is 10.5 Å². The van der Waals surface area contributed by atoms with E-state index in [2.05, 4.69) is 11.1 Å². The molecule has 2 heterocycles. The van der Waals surface area contributed by atoms with Crippen LogP contribution in [0.15, 0.2) is 35.1 Å². The molecule has 0 radical (unpaired) electrons. The molecule has 0 aliphatic heterocycles. The van der Waals surface area contributed by atoms with Gasteiger partial charge in [-0.15, -0.1) is 11.8 Å². The fraction of sp³-hybridized carbons (Fsp3) is 0.133. The molecular weight excluding hydrogens is 302 g/mol. The number of hydrogen-bond acceptors (Lipinski definition) is 4. The zero-order valence-corrected chi connectivity index (χ0v) is 12.2. The van der Waals surface area contributed by atoms with Crippen LogP contribution in [0, 0.1) is 11.3 Å². The molecule has 0 unspecified atom stereocenters. The van der Waals surface area contributed by atoms with Crippen LogP contribution in [-0.2, 0) is 10.5 Å². The van der Waals surface area contributed by atoms with E-state index in [1.807, 2.05) is 18.2 Å². The van der Waals surface area contributed by atoms with Crippen molar-refractivity contribution in [3.63, 3.8) is 0 Å². The average Bonchev–Trinajstić information content (AvgIpc) is 2.86. The van der Waals surface area contributed by atoms with E-state index < -0.39 is 5.97 Å². The fourth-order valence-corrected chi connectivity index (χ4v) is 3.13. The number of pyridine rings is 1. The third kappa shape index (κ3) is 2.34. The number of aliphatic carboxylic acids is 1.